The molecule has 0 aliphatic rings. The molecule has 1 rings (SSSR count). The highest BCUT2D eigenvalue weighted by atomic mass is 31.3. The Labute approximate surface area is 69.1 Å². The van der Waals surface area contributed by atoms with Gasteiger partial charge in [-0.2, -0.15) is 0 Å². The maximum absolute atomic E-state index is 11.9. The normalized spacial score (nSPS) is 11.6. The molecular formula is C7H8F3NP+. The van der Waals surface area contributed by atoms with Crippen molar-refractivity contribution in [3.63, 3.8) is 0 Å². The summed E-state index contributed by atoms with van der Waals surface area (Å²) < 4.78 is 35.8. The van der Waals surface area contributed by atoms with Gasteiger partial charge in [0.25, 0.3) is 0 Å². The quantitative estimate of drug-likeness (QED) is 0.566. The summed E-state index contributed by atoms with van der Waals surface area (Å²) in [6.07, 6.45) is -0.784. The predicted octanol–water partition coefficient (Wildman–Crippen LogP) is 3.44. The van der Waals surface area contributed by atoms with E-state index < -0.39 is 14.4 Å². The maximum atomic E-state index is 11.9. The van der Waals surface area contributed by atoms with Gasteiger partial charge in [0.05, 0.1) is 0 Å². The van der Waals surface area contributed by atoms with Crippen LogP contribution < -0.4 is 5.73 Å². The highest BCUT2D eigenvalue weighted by molar-refractivity contribution is 7.59. The van der Waals surface area contributed by atoms with Gasteiger partial charge >= 0.3 is 8.19 Å². The monoisotopic (exact) mass is 194 g/mol. The first-order valence-corrected chi connectivity index (χ1v) is 4.93. The summed E-state index contributed by atoms with van der Waals surface area (Å²) in [5.74, 6) is 0. The lowest BCUT2D eigenvalue weighted by Gasteiger charge is -1.96. The maximum Gasteiger partial charge on any atom is 0.573 e. The molecule has 12 heavy (non-hydrogen) atoms. The molecule has 0 aliphatic heterocycles. The Balaban J connectivity index is 2.71. The molecule has 0 aliphatic carbocycles. The lowest BCUT2D eigenvalue weighted by molar-refractivity contribution is 0.581. The Bertz CT molecular complexity index is 254. The zero-order chi connectivity index (χ0) is 9.19. The van der Waals surface area contributed by atoms with Gasteiger partial charge < -0.3 is 5.73 Å². The molecule has 0 atom stereocenters. The van der Waals surface area contributed by atoms with E-state index in [-0.39, 0.29) is 5.56 Å². The van der Waals surface area contributed by atoms with Crippen molar-refractivity contribution in [2.45, 2.75) is 6.16 Å². The minimum Gasteiger partial charge on any atom is -0.399 e. The third kappa shape index (κ3) is 3.09. The highest BCUT2D eigenvalue weighted by Crippen LogP contribution is 2.66. The highest BCUT2D eigenvalue weighted by Gasteiger charge is 2.42. The molecule has 0 saturated carbocycles. The first-order valence-electron chi connectivity index (χ1n) is 3.29. The molecular weight excluding hydrogens is 186 g/mol. The van der Waals surface area contributed by atoms with Gasteiger partial charge in [-0.1, -0.05) is 12.1 Å². The van der Waals surface area contributed by atoms with E-state index >= 15 is 0 Å². The summed E-state index contributed by atoms with van der Waals surface area (Å²) in [6, 6.07) is 5.77. The Morgan fingerprint density at radius 1 is 1.08 bits per heavy atom. The van der Waals surface area contributed by atoms with Gasteiger partial charge in [-0.3, -0.25) is 0 Å². The molecule has 1 aromatic rings. The van der Waals surface area contributed by atoms with Gasteiger partial charge in [0, 0.05) is 18.3 Å². The SMILES string of the molecule is Nc1ccc(C[P+](F)(F)F)cc1. The fourth-order valence-electron chi connectivity index (χ4n) is 0.830. The Morgan fingerprint density at radius 3 is 2.00 bits per heavy atom. The Kier molecular flexibility index (Phi) is 2.58. The van der Waals surface area contributed by atoms with Crippen LogP contribution in [0, 0.1) is 0 Å². The van der Waals surface area contributed by atoms with Gasteiger partial charge in [0.2, 0.25) is 0 Å². The number of rotatable bonds is 2. The summed E-state index contributed by atoms with van der Waals surface area (Å²) in [5.41, 5.74) is 6.09. The van der Waals surface area contributed by atoms with Crippen molar-refractivity contribution in [2.75, 3.05) is 5.73 Å². The van der Waals surface area contributed by atoms with E-state index in [1.807, 2.05) is 0 Å². The van der Waals surface area contributed by atoms with Crippen molar-refractivity contribution in [2.24, 2.45) is 0 Å². The zero-order valence-corrected chi connectivity index (χ0v) is 7.07. The molecule has 1 nitrogen and oxygen atoms in total. The second-order valence-corrected chi connectivity index (χ2v) is 3.87. The minimum absolute atomic E-state index is 0.282. The largest absolute Gasteiger partial charge is 0.573 e. The molecule has 0 fully saturated rings. The van der Waals surface area contributed by atoms with E-state index in [4.69, 9.17) is 5.73 Å². The zero-order valence-electron chi connectivity index (χ0n) is 6.17. The van der Waals surface area contributed by atoms with Crippen LogP contribution >= 0.6 is 8.19 Å². The molecule has 0 amide bonds. The topological polar surface area (TPSA) is 26.0 Å². The molecule has 0 radical (unpaired) electrons. The van der Waals surface area contributed by atoms with Crippen LogP contribution in [0.2, 0.25) is 0 Å². The molecule has 0 aromatic heterocycles. The second-order valence-electron chi connectivity index (χ2n) is 2.45. The molecule has 0 saturated heterocycles. The summed E-state index contributed by atoms with van der Waals surface area (Å²) in [6.45, 7) is 0. The number of anilines is 1. The van der Waals surface area contributed by atoms with Crippen molar-refractivity contribution < 1.29 is 12.6 Å². The van der Waals surface area contributed by atoms with Gasteiger partial charge in [0.15, 0.2) is 6.16 Å². The van der Waals surface area contributed by atoms with Crippen molar-refractivity contribution in [3.8, 4) is 0 Å². The Hall–Kier alpha value is -0.760. The van der Waals surface area contributed by atoms with Crippen LogP contribution in [0.25, 0.3) is 0 Å². The lowest BCUT2D eigenvalue weighted by atomic mass is 10.2. The third-order valence-electron chi connectivity index (χ3n) is 1.34. The van der Waals surface area contributed by atoms with Crippen LogP contribution in [0.4, 0.5) is 18.3 Å². The number of nitrogen functional groups attached to an aromatic ring is 1. The summed E-state index contributed by atoms with van der Waals surface area (Å²) >= 11 is 0. The van der Waals surface area contributed by atoms with Crippen LogP contribution in [0.3, 0.4) is 0 Å². The number of nitrogens with two attached hydrogens (primary N) is 1. The van der Waals surface area contributed by atoms with Crippen LogP contribution in [-0.2, 0) is 6.16 Å². The minimum atomic E-state index is -5.19. The van der Waals surface area contributed by atoms with Crippen LogP contribution in [0.1, 0.15) is 5.56 Å². The smallest absolute Gasteiger partial charge is 0.399 e. The molecule has 1 aromatic carbocycles. The molecule has 0 unspecified atom stereocenters. The van der Waals surface area contributed by atoms with Gasteiger partial charge in [-0.25, -0.2) is 0 Å². The number of halogens is 3. The number of hydrogen-bond donors (Lipinski definition) is 1. The van der Waals surface area contributed by atoms with Gasteiger partial charge in [-0.15, -0.1) is 0 Å². The summed E-state index contributed by atoms with van der Waals surface area (Å²) in [4.78, 5) is 0. The van der Waals surface area contributed by atoms with Crippen LogP contribution in [0.15, 0.2) is 24.3 Å². The van der Waals surface area contributed by atoms with E-state index in [9.17, 15) is 12.6 Å². The van der Waals surface area contributed by atoms with E-state index in [1.54, 1.807) is 0 Å². The van der Waals surface area contributed by atoms with Crippen molar-refractivity contribution in [3.05, 3.63) is 29.8 Å². The van der Waals surface area contributed by atoms with Crippen LogP contribution in [-0.4, -0.2) is 0 Å². The second kappa shape index (κ2) is 3.31. The fraction of sp³-hybridized carbons (Fsp3) is 0.143. The molecule has 0 spiro atoms. The van der Waals surface area contributed by atoms with Gasteiger partial charge in [-0.05, 0) is 17.7 Å². The first-order chi connectivity index (χ1) is 5.47. The van der Waals surface area contributed by atoms with E-state index in [2.05, 4.69) is 0 Å². The fourth-order valence-corrected chi connectivity index (χ4v) is 1.45. The van der Waals surface area contributed by atoms with Crippen molar-refractivity contribution >= 4 is 13.9 Å². The van der Waals surface area contributed by atoms with Crippen molar-refractivity contribution in [1.82, 2.24) is 0 Å². The van der Waals surface area contributed by atoms with Crippen LogP contribution in [0.5, 0.6) is 0 Å². The summed E-state index contributed by atoms with van der Waals surface area (Å²) in [7, 11) is -5.19. The average molecular weight is 194 g/mol. The number of benzene rings is 1. The van der Waals surface area contributed by atoms with Crippen molar-refractivity contribution in [1.29, 1.82) is 0 Å². The first kappa shape index (κ1) is 9.33. The lowest BCUT2D eigenvalue weighted by Crippen LogP contribution is -1.86. The predicted molar refractivity (Wildman–Crippen MR) is 44.8 cm³/mol. The number of hydrogen-bond acceptors (Lipinski definition) is 1. The summed E-state index contributed by atoms with van der Waals surface area (Å²) in [5, 5.41) is 0. The molecule has 66 valence electrons. The average Bonchev–Trinajstić information content (AvgIpc) is 1.91. The molecule has 5 heteroatoms. The molecule has 2 N–H and O–H groups in total. The molecule has 0 bridgehead atoms. The third-order valence-corrected chi connectivity index (χ3v) is 2.07. The van der Waals surface area contributed by atoms with Gasteiger partial charge in [0.1, 0.15) is 0 Å². The Morgan fingerprint density at radius 2 is 1.58 bits per heavy atom. The standard InChI is InChI=1S/C7H8F3NP/c8-12(9,10)5-6-1-3-7(11)4-2-6/h1-4H,5,11H2/q+1. The molecule has 0 heterocycles. The van der Waals surface area contributed by atoms with E-state index in [1.165, 1.54) is 24.3 Å². The van der Waals surface area contributed by atoms with E-state index in [0.717, 1.165) is 0 Å². The van der Waals surface area contributed by atoms with E-state index in [0.29, 0.717) is 5.69 Å².